The predicted octanol–water partition coefficient (Wildman–Crippen LogP) is 17.0. The van der Waals surface area contributed by atoms with Crippen LogP contribution in [0.25, 0.3) is 66.0 Å². The standard InChI is InChI=1S/C28H21F2N3O3S.C26H22FN3O4S.C24H19F2N5O4S.C22H18ClFN2O4S/c29-22-12-25(30)28-26(13-22)33(16-19-5-3-6-20(11-19)21-7-4-9-31-15-21)17-27(28)37(35,36)18-24(34)14-23-8-1-2-10-32-23;1-17-10-21(29-34-17)12-22(31)16-35(32,33)26-15-30(25-5-3-2-4-23(25)26)14-20-11-18(6-7-24(20)27)19-8-9-28-13-19;1-15-7-18(28-35-15)11-20(32)14-36(33,34)23-13-30(22-10-17(25)9-21(26)24(22)23)12-16-3-2-4-19(8-16)31-6-5-27-29-31;1-14-9-16(25-30-14)10-17(27)13-31(28,29)21-12-26(20-8-3-2-6-18(20)21)11-15-5-4-7-19(23)22(15)24/h1-13,15,17H,14,16,18H2;2-8,10-11,13,15H,9,12,14,16H2,1H3;2-10,13H,11-12,14H2,1H3;2-9,12H,10-11,13H2,1H3. The highest BCUT2D eigenvalue weighted by Gasteiger charge is 2.33. The van der Waals surface area contributed by atoms with Gasteiger partial charge in [0.05, 0.1) is 120 Å². The first-order valence-corrected chi connectivity index (χ1v) is 49.7. The second-order valence-electron chi connectivity index (χ2n) is 32.7. The Morgan fingerprint density at radius 1 is 0.410 bits per heavy atom. The molecule has 1 aliphatic rings. The maximum absolute atomic E-state index is 14.9. The fourth-order valence-electron chi connectivity index (χ4n) is 16.1. The third-order valence-corrected chi connectivity index (χ3v) is 29.3. The van der Waals surface area contributed by atoms with Crippen molar-refractivity contribution in [2.45, 2.75) is 92.2 Å². The number of aliphatic imine (C=N–C) groups is 1. The van der Waals surface area contributed by atoms with Crippen molar-refractivity contribution in [1.29, 1.82) is 0 Å². The third kappa shape index (κ3) is 23.0. The fourth-order valence-corrected chi connectivity index (χ4v) is 22.2. The number of para-hydroxylation sites is 2. The molecule has 0 atom stereocenters. The molecule has 0 N–H and O–H groups in total. The molecule has 0 bridgehead atoms. The van der Waals surface area contributed by atoms with E-state index in [0.717, 1.165) is 45.5 Å². The number of hydrogen-bond donors (Lipinski definition) is 0. The minimum Gasteiger partial charge on any atom is -0.361 e. The Morgan fingerprint density at radius 3 is 1.37 bits per heavy atom. The summed E-state index contributed by atoms with van der Waals surface area (Å²) in [5.74, 6) is -8.28. The normalized spacial score (nSPS) is 12.2. The van der Waals surface area contributed by atoms with E-state index in [-0.39, 0.29) is 104 Å². The van der Waals surface area contributed by atoms with Gasteiger partial charge in [-0.2, -0.15) is 0 Å². The number of hydrogen-bond acceptors (Lipinski definition) is 23. The van der Waals surface area contributed by atoms with Crippen LogP contribution in [0.4, 0.5) is 26.3 Å². The zero-order valence-corrected chi connectivity index (χ0v) is 77.9. The molecular formula is C100H80ClF6N13O15S4. The zero-order valence-electron chi connectivity index (χ0n) is 73.9. The molecule has 0 saturated heterocycles. The van der Waals surface area contributed by atoms with Crippen LogP contribution < -0.4 is 0 Å². The van der Waals surface area contributed by atoms with Crippen molar-refractivity contribution in [2.75, 3.05) is 29.6 Å². The Labute approximate surface area is 795 Å². The van der Waals surface area contributed by atoms with E-state index in [0.29, 0.717) is 97.4 Å². The third-order valence-electron chi connectivity index (χ3n) is 22.2. The molecule has 0 fully saturated rings. The van der Waals surface area contributed by atoms with Crippen LogP contribution in [0.15, 0.2) is 306 Å². The topological polar surface area (TPSA) is 371 Å². The summed E-state index contributed by atoms with van der Waals surface area (Å²) in [6.45, 7) is 6.13. The highest BCUT2D eigenvalue weighted by atomic mass is 35.5. The molecule has 39 heteroatoms. The van der Waals surface area contributed by atoms with Gasteiger partial charge in [0.2, 0.25) is 0 Å². The van der Waals surface area contributed by atoms with Gasteiger partial charge in [-0.05, 0) is 133 Å². The molecule has 19 rings (SSSR count). The first-order chi connectivity index (χ1) is 66.5. The SMILES string of the molecule is Cc1cc(CC(=O)CS(=O)(=O)c2cn(Cc3cc(C4=CCN=C4)ccc3F)c3ccccc23)no1.Cc1cc(CC(=O)CS(=O)(=O)c2cn(Cc3cccc(-n4ccnn4)c3)c3cc(F)cc(F)c23)no1.Cc1cc(CC(=O)CS(=O)(=O)c2cn(Cc3cccc(Cl)c3F)c3ccccc23)no1.O=C(Cc1ccccn1)CS(=O)(=O)c1cn(Cc2cccc(-c3cccnc3)c2)c2cc(F)cc(F)c12. The smallest absolute Gasteiger partial charge is 0.187 e. The molecule has 0 aliphatic carbocycles. The second-order valence-corrected chi connectivity index (χ2v) is 41.0. The summed E-state index contributed by atoms with van der Waals surface area (Å²) >= 11 is 5.87. The summed E-state index contributed by atoms with van der Waals surface area (Å²) < 4.78 is 215. The Kier molecular flexibility index (Phi) is 28.8. The van der Waals surface area contributed by atoms with Crippen molar-refractivity contribution in [2.24, 2.45) is 4.99 Å². The Hall–Kier alpha value is -15.3. The van der Waals surface area contributed by atoms with Gasteiger partial charge in [0.15, 0.2) is 62.5 Å². The number of sulfone groups is 4. The zero-order chi connectivity index (χ0) is 98.2. The van der Waals surface area contributed by atoms with Crippen molar-refractivity contribution in [3.05, 3.63) is 376 Å². The number of allylic oxidation sites excluding steroid dienone is 1. The van der Waals surface area contributed by atoms with E-state index in [1.165, 1.54) is 64.5 Å². The van der Waals surface area contributed by atoms with Crippen molar-refractivity contribution in [3.63, 3.8) is 0 Å². The monoisotopic (exact) mass is 1980 g/mol. The molecule has 0 unspecified atom stereocenters. The Morgan fingerprint density at radius 2 is 0.885 bits per heavy atom. The van der Waals surface area contributed by atoms with Gasteiger partial charge in [0.1, 0.15) is 75.2 Å². The molecule has 8 aromatic carbocycles. The molecule has 1 aliphatic heterocycles. The highest BCUT2D eigenvalue weighted by molar-refractivity contribution is 7.93. The maximum Gasteiger partial charge on any atom is 0.187 e. The van der Waals surface area contributed by atoms with E-state index in [9.17, 15) is 79.2 Å². The van der Waals surface area contributed by atoms with Gasteiger partial charge in [0, 0.05) is 138 Å². The summed E-state index contributed by atoms with van der Waals surface area (Å²) in [6.07, 6.45) is 16.6. The van der Waals surface area contributed by atoms with E-state index >= 15 is 0 Å². The lowest BCUT2D eigenvalue weighted by Gasteiger charge is -2.09. The van der Waals surface area contributed by atoms with E-state index in [4.69, 9.17) is 25.2 Å². The molecule has 10 aromatic heterocycles. The van der Waals surface area contributed by atoms with E-state index in [1.54, 1.807) is 181 Å². The van der Waals surface area contributed by atoms with Gasteiger partial charge < -0.3 is 31.8 Å². The van der Waals surface area contributed by atoms with Gasteiger partial charge in [-0.25, -0.2) is 64.7 Å². The van der Waals surface area contributed by atoms with E-state index in [1.807, 2.05) is 48.5 Å². The number of aromatic nitrogens is 12. The molecule has 18 aromatic rings. The number of pyridine rings is 2. The molecule has 0 spiro atoms. The van der Waals surface area contributed by atoms with E-state index in [2.05, 4.69) is 40.7 Å². The summed E-state index contributed by atoms with van der Waals surface area (Å²) in [6, 6.07) is 55.0. The lowest BCUT2D eigenvalue weighted by molar-refractivity contribution is -0.117. The van der Waals surface area contributed by atoms with Crippen molar-refractivity contribution in [1.82, 2.24) is 58.7 Å². The van der Waals surface area contributed by atoms with Crippen molar-refractivity contribution >= 4 is 129 Å². The van der Waals surface area contributed by atoms with Crippen LogP contribution in [0.2, 0.25) is 5.02 Å². The van der Waals surface area contributed by atoms with Gasteiger partial charge in [-0.1, -0.05) is 135 Å². The lowest BCUT2D eigenvalue weighted by atomic mass is 10.0. The molecule has 11 heterocycles. The number of halogens is 7. The summed E-state index contributed by atoms with van der Waals surface area (Å²) in [7, 11) is -16.4. The molecular weight excluding hydrogens is 1900 g/mol. The average Bonchev–Trinajstić information content (AvgIpc) is 1.59. The van der Waals surface area contributed by atoms with Gasteiger partial charge in [-0.3, -0.25) is 34.1 Å². The lowest BCUT2D eigenvalue weighted by Crippen LogP contribution is -2.18. The van der Waals surface area contributed by atoms with Crippen LogP contribution in [-0.2, 0) is 110 Å². The van der Waals surface area contributed by atoms with Gasteiger partial charge in [0.25, 0.3) is 0 Å². The number of Topliss-reactive ketones (excluding diaryl/α,β-unsaturated/α-hetero) is 4. The molecule has 0 radical (unpaired) electrons. The molecule has 28 nitrogen and oxygen atoms in total. The van der Waals surface area contributed by atoms with Gasteiger partial charge in [-0.15, -0.1) is 5.10 Å². The summed E-state index contributed by atoms with van der Waals surface area (Å²) in [4.78, 5) is 61.7. The number of ketones is 4. The Balaban J connectivity index is 0.000000134. The summed E-state index contributed by atoms with van der Waals surface area (Å²) in [5.41, 5.74) is 9.44. The molecule has 0 amide bonds. The van der Waals surface area contributed by atoms with Gasteiger partial charge >= 0.3 is 0 Å². The predicted molar refractivity (Wildman–Crippen MR) is 505 cm³/mol. The van der Waals surface area contributed by atoms with Crippen molar-refractivity contribution < 1.29 is 92.8 Å². The summed E-state index contributed by atoms with van der Waals surface area (Å²) in [5, 5.41) is 19.4. The number of rotatable bonds is 31. The minimum atomic E-state index is -4.26. The van der Waals surface area contributed by atoms with Crippen LogP contribution in [0.5, 0.6) is 0 Å². The number of fused-ring (bicyclic) bond motifs is 4. The highest BCUT2D eigenvalue weighted by Crippen LogP contribution is 2.37. The number of nitrogens with zero attached hydrogens (tertiary/aromatic N) is 13. The Bertz CT molecular complexity index is 8330. The molecule has 139 heavy (non-hydrogen) atoms. The van der Waals surface area contributed by atoms with E-state index < -0.39 is 115 Å². The number of benzene rings is 8. The molecule has 0 saturated carbocycles. The average molecular weight is 1980 g/mol. The number of carbonyl (C=O) groups excluding carboxylic acids is 4. The number of aryl methyl sites for hydroxylation is 3. The van der Waals surface area contributed by atoms with Crippen LogP contribution in [-0.4, -0.2) is 151 Å². The van der Waals surface area contributed by atoms with Crippen molar-refractivity contribution in [3.8, 4) is 16.8 Å². The maximum atomic E-state index is 14.9. The first kappa shape index (κ1) is 96.9. The molecule has 708 valence electrons. The first-order valence-electron chi connectivity index (χ1n) is 42.7. The van der Waals surface area contributed by atoms with Crippen LogP contribution in [0.1, 0.15) is 67.9 Å². The van der Waals surface area contributed by atoms with Crippen LogP contribution in [0.3, 0.4) is 0 Å². The number of carbonyl (C=O) groups is 4. The largest absolute Gasteiger partial charge is 0.361 e. The van der Waals surface area contributed by atoms with Crippen LogP contribution >= 0.6 is 11.6 Å². The van der Waals surface area contributed by atoms with Crippen LogP contribution in [0, 0.1) is 55.7 Å². The quantitative estimate of drug-likeness (QED) is 0.0364. The fraction of sp³-hybridized carbons (Fsp3) is 0.160. The second kappa shape index (κ2) is 41.4. The minimum absolute atomic E-state index is 0.00417.